The van der Waals surface area contributed by atoms with Gasteiger partial charge in [-0.05, 0) is 27.2 Å². The highest BCUT2D eigenvalue weighted by Crippen LogP contribution is 2.13. The van der Waals surface area contributed by atoms with Gasteiger partial charge in [-0.3, -0.25) is 0 Å². The number of nitriles is 2. The normalized spacial score (nSPS) is 8.55. The molecule has 0 saturated heterocycles. The molecular formula is C9H12N2. The van der Waals surface area contributed by atoms with Crippen molar-refractivity contribution in [2.75, 3.05) is 0 Å². The molecule has 0 saturated carbocycles. The van der Waals surface area contributed by atoms with E-state index in [4.69, 9.17) is 10.5 Å². The van der Waals surface area contributed by atoms with E-state index in [9.17, 15) is 0 Å². The van der Waals surface area contributed by atoms with Crippen molar-refractivity contribution in [3.8, 4) is 12.1 Å². The summed E-state index contributed by atoms with van der Waals surface area (Å²) in [6.45, 7) is 5.93. The maximum Gasteiger partial charge on any atom is 0.137 e. The molecule has 0 radical (unpaired) electrons. The third-order valence-electron chi connectivity index (χ3n) is 1.68. The summed E-state index contributed by atoms with van der Waals surface area (Å²) >= 11 is 0. The maximum atomic E-state index is 8.46. The lowest BCUT2D eigenvalue weighted by Gasteiger charge is -2.02. The van der Waals surface area contributed by atoms with Gasteiger partial charge in [0.05, 0.1) is 12.1 Å². The van der Waals surface area contributed by atoms with Gasteiger partial charge in [0.15, 0.2) is 0 Å². The van der Waals surface area contributed by atoms with Gasteiger partial charge in [0.25, 0.3) is 0 Å². The van der Waals surface area contributed by atoms with E-state index in [-0.39, 0.29) is 0 Å². The molecular weight excluding hydrogens is 136 g/mol. The Bertz CT molecular complexity index is 219. The van der Waals surface area contributed by atoms with E-state index >= 15 is 0 Å². The number of nitrogens with zero attached hydrogens (tertiary/aromatic N) is 2. The number of hydrogen-bond acceptors (Lipinski definition) is 2. The van der Waals surface area contributed by atoms with Gasteiger partial charge in [0.1, 0.15) is 5.92 Å². The van der Waals surface area contributed by atoms with Crippen LogP contribution in [0.25, 0.3) is 0 Å². The number of rotatable bonds is 2. The molecule has 0 aliphatic rings. The number of hydrogen-bond donors (Lipinski definition) is 0. The fraction of sp³-hybridized carbons (Fsp3) is 0.556. The van der Waals surface area contributed by atoms with Crippen molar-refractivity contribution in [1.29, 1.82) is 10.5 Å². The van der Waals surface area contributed by atoms with Gasteiger partial charge >= 0.3 is 0 Å². The lowest BCUT2D eigenvalue weighted by Crippen LogP contribution is -1.94. The Morgan fingerprint density at radius 1 is 1.18 bits per heavy atom. The van der Waals surface area contributed by atoms with E-state index in [0.29, 0.717) is 6.42 Å². The lowest BCUT2D eigenvalue weighted by molar-refractivity contribution is 0.812. The highest BCUT2D eigenvalue weighted by atomic mass is 14.3. The molecule has 0 bridgehead atoms. The Morgan fingerprint density at radius 3 is 1.91 bits per heavy atom. The van der Waals surface area contributed by atoms with Crippen LogP contribution in [-0.4, -0.2) is 0 Å². The standard InChI is InChI=1S/C9H12N2/c1-7(2)8(3)4-9(5-10)6-11/h9H,4H2,1-3H3. The van der Waals surface area contributed by atoms with Crippen LogP contribution in [0, 0.1) is 28.6 Å². The highest BCUT2D eigenvalue weighted by Gasteiger charge is 2.05. The van der Waals surface area contributed by atoms with E-state index in [1.165, 1.54) is 5.57 Å². The van der Waals surface area contributed by atoms with Crippen LogP contribution < -0.4 is 0 Å². The van der Waals surface area contributed by atoms with E-state index in [0.717, 1.165) is 5.57 Å². The van der Waals surface area contributed by atoms with Crippen molar-refractivity contribution in [2.24, 2.45) is 5.92 Å². The van der Waals surface area contributed by atoms with Crippen LogP contribution in [0.5, 0.6) is 0 Å². The van der Waals surface area contributed by atoms with Gasteiger partial charge in [-0.15, -0.1) is 0 Å². The van der Waals surface area contributed by atoms with Crippen LogP contribution in [0.1, 0.15) is 27.2 Å². The van der Waals surface area contributed by atoms with Crippen molar-refractivity contribution in [3.05, 3.63) is 11.1 Å². The van der Waals surface area contributed by atoms with Gasteiger partial charge in [0, 0.05) is 0 Å². The molecule has 0 N–H and O–H groups in total. The fourth-order valence-electron chi connectivity index (χ4n) is 0.630. The average Bonchev–Trinajstić information content (AvgIpc) is 1.99. The lowest BCUT2D eigenvalue weighted by atomic mass is 10.0. The predicted octanol–water partition coefficient (Wildman–Crippen LogP) is 2.40. The summed E-state index contributed by atoms with van der Waals surface area (Å²) in [6.07, 6.45) is 0.579. The molecule has 58 valence electrons. The van der Waals surface area contributed by atoms with Crippen LogP contribution in [-0.2, 0) is 0 Å². The monoisotopic (exact) mass is 148 g/mol. The molecule has 0 heterocycles. The van der Waals surface area contributed by atoms with Crippen molar-refractivity contribution >= 4 is 0 Å². The Hall–Kier alpha value is -1.28. The van der Waals surface area contributed by atoms with E-state index < -0.39 is 5.92 Å². The second-order valence-electron chi connectivity index (χ2n) is 2.80. The molecule has 0 aliphatic carbocycles. The quantitative estimate of drug-likeness (QED) is 0.564. The summed E-state index contributed by atoms with van der Waals surface area (Å²) in [7, 11) is 0. The van der Waals surface area contributed by atoms with Crippen molar-refractivity contribution in [3.63, 3.8) is 0 Å². The maximum absolute atomic E-state index is 8.46. The minimum atomic E-state index is -0.482. The molecule has 0 aromatic rings. The SMILES string of the molecule is CC(C)=C(C)CC(C#N)C#N. The van der Waals surface area contributed by atoms with Crippen LogP contribution in [0.4, 0.5) is 0 Å². The minimum Gasteiger partial charge on any atom is -0.197 e. The molecule has 0 spiro atoms. The summed E-state index contributed by atoms with van der Waals surface area (Å²) in [5.74, 6) is -0.482. The van der Waals surface area contributed by atoms with Gasteiger partial charge in [-0.2, -0.15) is 10.5 Å². The molecule has 0 amide bonds. The molecule has 11 heavy (non-hydrogen) atoms. The Labute approximate surface area is 67.8 Å². The third kappa shape index (κ3) is 3.43. The molecule has 2 nitrogen and oxygen atoms in total. The van der Waals surface area contributed by atoms with E-state index in [1.807, 2.05) is 32.9 Å². The molecule has 0 aromatic carbocycles. The summed E-state index contributed by atoms with van der Waals surface area (Å²) in [5.41, 5.74) is 2.33. The molecule has 0 aromatic heterocycles. The van der Waals surface area contributed by atoms with Crippen molar-refractivity contribution < 1.29 is 0 Å². The summed E-state index contributed by atoms with van der Waals surface area (Å²) in [6, 6.07) is 3.88. The molecule has 0 fully saturated rings. The molecule has 2 heteroatoms. The molecule has 0 unspecified atom stereocenters. The zero-order valence-corrected chi connectivity index (χ0v) is 7.18. The number of allylic oxidation sites excluding steroid dienone is 2. The zero-order chi connectivity index (χ0) is 8.85. The van der Waals surface area contributed by atoms with Gasteiger partial charge in [0.2, 0.25) is 0 Å². The Balaban J connectivity index is 4.20. The van der Waals surface area contributed by atoms with E-state index in [1.54, 1.807) is 0 Å². The third-order valence-corrected chi connectivity index (χ3v) is 1.68. The first-order chi connectivity index (χ1) is 5.11. The zero-order valence-electron chi connectivity index (χ0n) is 7.18. The van der Waals surface area contributed by atoms with Crippen LogP contribution in [0.3, 0.4) is 0 Å². The first-order valence-electron chi connectivity index (χ1n) is 3.54. The minimum absolute atomic E-state index is 0.482. The largest absolute Gasteiger partial charge is 0.197 e. The topological polar surface area (TPSA) is 47.6 Å². The first-order valence-corrected chi connectivity index (χ1v) is 3.54. The second kappa shape index (κ2) is 4.52. The summed E-state index contributed by atoms with van der Waals surface area (Å²) in [4.78, 5) is 0. The van der Waals surface area contributed by atoms with Gasteiger partial charge in [-0.25, -0.2) is 0 Å². The Morgan fingerprint density at radius 2 is 1.64 bits per heavy atom. The Kier molecular flexibility index (Phi) is 4.00. The fourth-order valence-corrected chi connectivity index (χ4v) is 0.630. The van der Waals surface area contributed by atoms with Crippen molar-refractivity contribution in [1.82, 2.24) is 0 Å². The van der Waals surface area contributed by atoms with Crippen LogP contribution >= 0.6 is 0 Å². The van der Waals surface area contributed by atoms with Crippen LogP contribution in [0.2, 0.25) is 0 Å². The van der Waals surface area contributed by atoms with Gasteiger partial charge < -0.3 is 0 Å². The first kappa shape index (κ1) is 9.72. The summed E-state index contributed by atoms with van der Waals surface area (Å²) in [5, 5.41) is 16.9. The van der Waals surface area contributed by atoms with E-state index in [2.05, 4.69) is 0 Å². The van der Waals surface area contributed by atoms with Gasteiger partial charge in [-0.1, -0.05) is 11.1 Å². The summed E-state index contributed by atoms with van der Waals surface area (Å²) < 4.78 is 0. The molecule has 0 aliphatic heterocycles. The second-order valence-corrected chi connectivity index (χ2v) is 2.80. The average molecular weight is 148 g/mol. The predicted molar refractivity (Wildman–Crippen MR) is 43.4 cm³/mol. The molecule has 0 rings (SSSR count). The highest BCUT2D eigenvalue weighted by molar-refractivity contribution is 5.13. The van der Waals surface area contributed by atoms with Crippen LogP contribution in [0.15, 0.2) is 11.1 Å². The van der Waals surface area contributed by atoms with Crippen molar-refractivity contribution in [2.45, 2.75) is 27.2 Å². The smallest absolute Gasteiger partial charge is 0.137 e. The molecule has 0 atom stereocenters.